The zero-order chi connectivity index (χ0) is 20.0. The molecular formula is C22H31O4P. The van der Waals surface area contributed by atoms with Gasteiger partial charge in [0.25, 0.3) is 0 Å². The van der Waals surface area contributed by atoms with Crippen LogP contribution in [-0.2, 0) is 26.9 Å². The highest BCUT2D eigenvalue weighted by Gasteiger charge is 2.12. The summed E-state index contributed by atoms with van der Waals surface area (Å²) in [6.07, 6.45) is 0.869. The predicted molar refractivity (Wildman–Crippen MR) is 111 cm³/mol. The van der Waals surface area contributed by atoms with Crippen molar-refractivity contribution in [1.29, 1.82) is 0 Å². The highest BCUT2D eigenvalue weighted by atomic mass is 31.1. The molecule has 0 saturated heterocycles. The van der Waals surface area contributed by atoms with Crippen molar-refractivity contribution < 1.29 is 18.6 Å². The Labute approximate surface area is 163 Å². The average Bonchev–Trinajstić information content (AvgIpc) is 2.61. The van der Waals surface area contributed by atoms with Crippen molar-refractivity contribution in [3.05, 3.63) is 63.7 Å². The van der Waals surface area contributed by atoms with Crippen molar-refractivity contribution in [2.45, 2.75) is 46.6 Å². The zero-order valence-corrected chi connectivity index (χ0v) is 18.2. The summed E-state index contributed by atoms with van der Waals surface area (Å²) in [5, 5.41) is 0. The van der Waals surface area contributed by atoms with E-state index in [9.17, 15) is 4.57 Å². The first-order valence-electron chi connectivity index (χ1n) is 9.28. The first kappa shape index (κ1) is 21.7. The van der Waals surface area contributed by atoms with Crippen LogP contribution in [0, 0.1) is 13.8 Å². The van der Waals surface area contributed by atoms with Crippen LogP contribution in [0.1, 0.15) is 53.1 Å². The lowest BCUT2D eigenvalue weighted by Gasteiger charge is -2.17. The van der Waals surface area contributed by atoms with E-state index >= 15 is 0 Å². The van der Waals surface area contributed by atoms with E-state index in [1.165, 1.54) is 27.8 Å². The van der Waals surface area contributed by atoms with E-state index in [4.69, 9.17) is 14.0 Å². The molecule has 27 heavy (non-hydrogen) atoms. The van der Waals surface area contributed by atoms with Crippen molar-refractivity contribution >= 4 is 8.03 Å². The third-order valence-electron chi connectivity index (χ3n) is 4.61. The van der Waals surface area contributed by atoms with Gasteiger partial charge in [-0.05, 0) is 65.6 Å². The highest BCUT2D eigenvalue weighted by Crippen LogP contribution is 2.30. The molecule has 0 radical (unpaired) electrons. The van der Waals surface area contributed by atoms with Crippen LogP contribution in [0.15, 0.2) is 30.3 Å². The molecule has 2 aromatic rings. The lowest BCUT2D eigenvalue weighted by Crippen LogP contribution is -2.04. The molecule has 0 aliphatic rings. The van der Waals surface area contributed by atoms with Crippen molar-refractivity contribution in [2.24, 2.45) is 0 Å². The minimum Gasteiger partial charge on any atom is -0.467 e. The molecule has 0 saturated carbocycles. The van der Waals surface area contributed by atoms with E-state index in [-0.39, 0.29) is 6.79 Å². The monoisotopic (exact) mass is 390 g/mol. The number of hydrogen-bond acceptors (Lipinski definition) is 4. The molecule has 0 N–H and O–H groups in total. The van der Waals surface area contributed by atoms with Gasteiger partial charge in [-0.2, -0.15) is 0 Å². The maximum atomic E-state index is 11.2. The van der Waals surface area contributed by atoms with Crippen LogP contribution in [-0.4, -0.2) is 20.6 Å². The van der Waals surface area contributed by atoms with Gasteiger partial charge in [-0.1, -0.05) is 38.1 Å². The number of ether oxygens (including phenoxy) is 2. The predicted octanol–water partition coefficient (Wildman–Crippen LogP) is 5.62. The minimum atomic E-state index is -1.91. The summed E-state index contributed by atoms with van der Waals surface area (Å²) in [5.74, 6) is 1.25. The number of benzene rings is 2. The van der Waals surface area contributed by atoms with E-state index < -0.39 is 8.03 Å². The van der Waals surface area contributed by atoms with E-state index in [1.54, 1.807) is 13.8 Å². The first-order valence-corrected chi connectivity index (χ1v) is 11.1. The molecule has 0 aliphatic heterocycles. The van der Waals surface area contributed by atoms with Gasteiger partial charge in [0.1, 0.15) is 5.75 Å². The van der Waals surface area contributed by atoms with Crippen LogP contribution < -0.4 is 4.74 Å². The Morgan fingerprint density at radius 3 is 2.26 bits per heavy atom. The van der Waals surface area contributed by atoms with Gasteiger partial charge in [0.05, 0.1) is 6.61 Å². The average molecular weight is 390 g/mol. The topological polar surface area (TPSA) is 44.8 Å². The van der Waals surface area contributed by atoms with Gasteiger partial charge in [0.2, 0.25) is 0 Å². The highest BCUT2D eigenvalue weighted by molar-refractivity contribution is 7.38. The molecular weight excluding hydrogens is 359 g/mol. The lowest BCUT2D eigenvalue weighted by molar-refractivity contribution is 0.0502. The second-order valence-electron chi connectivity index (χ2n) is 7.24. The van der Waals surface area contributed by atoms with Crippen LogP contribution in [0.2, 0.25) is 0 Å². The smallest absolute Gasteiger partial charge is 0.188 e. The largest absolute Gasteiger partial charge is 0.467 e. The maximum absolute atomic E-state index is 11.2. The van der Waals surface area contributed by atoms with Gasteiger partial charge in [-0.25, -0.2) is 0 Å². The standard InChI is InChI=1S/C22H31O4P/c1-15(2)20-11-18(7-8-22(20)25-14-24-5)12-21-16(3)9-19(10-17(21)4)13-26-27(6)23/h7-11,15,27H,12-14H2,1-6H3. The quantitative estimate of drug-likeness (QED) is 0.412. The Morgan fingerprint density at radius 1 is 1.04 bits per heavy atom. The molecule has 4 nitrogen and oxygen atoms in total. The fourth-order valence-electron chi connectivity index (χ4n) is 3.25. The first-order chi connectivity index (χ1) is 12.8. The number of methoxy groups -OCH3 is 1. The normalized spacial score (nSPS) is 12.4. The van der Waals surface area contributed by atoms with Gasteiger partial charge in [0.15, 0.2) is 14.8 Å². The Bertz CT molecular complexity index is 776. The number of rotatable bonds is 9. The Morgan fingerprint density at radius 2 is 1.70 bits per heavy atom. The summed E-state index contributed by atoms with van der Waals surface area (Å²) in [4.78, 5) is 0. The van der Waals surface area contributed by atoms with Crippen molar-refractivity contribution in [1.82, 2.24) is 0 Å². The number of hydrogen-bond donors (Lipinski definition) is 0. The second-order valence-corrected chi connectivity index (χ2v) is 8.51. The van der Waals surface area contributed by atoms with E-state index in [1.807, 2.05) is 6.07 Å². The SMILES string of the molecule is COCOc1ccc(Cc2c(C)cc(CO[PH](C)=O)cc2C)cc1C(C)C. The van der Waals surface area contributed by atoms with Gasteiger partial charge in [0, 0.05) is 13.8 Å². The van der Waals surface area contributed by atoms with Crippen LogP contribution >= 0.6 is 8.03 Å². The lowest BCUT2D eigenvalue weighted by atomic mass is 9.92. The van der Waals surface area contributed by atoms with Crippen LogP contribution in [0.3, 0.4) is 0 Å². The molecule has 0 heterocycles. The van der Waals surface area contributed by atoms with Gasteiger partial charge >= 0.3 is 0 Å². The Hall–Kier alpha value is -1.61. The molecule has 0 bridgehead atoms. The molecule has 1 unspecified atom stereocenters. The second kappa shape index (κ2) is 10.1. The van der Waals surface area contributed by atoms with Crippen molar-refractivity contribution in [3.63, 3.8) is 0 Å². The third kappa shape index (κ3) is 6.21. The van der Waals surface area contributed by atoms with Gasteiger partial charge in [-0.15, -0.1) is 0 Å². The summed E-state index contributed by atoms with van der Waals surface area (Å²) < 4.78 is 27.3. The van der Waals surface area contributed by atoms with Gasteiger partial charge < -0.3 is 14.0 Å². The summed E-state index contributed by atoms with van der Waals surface area (Å²) in [7, 11) is -0.282. The van der Waals surface area contributed by atoms with Crippen LogP contribution in [0.25, 0.3) is 0 Å². The van der Waals surface area contributed by atoms with Crippen molar-refractivity contribution in [3.8, 4) is 5.75 Å². The van der Waals surface area contributed by atoms with E-state index in [0.29, 0.717) is 12.5 Å². The molecule has 0 spiro atoms. The summed E-state index contributed by atoms with van der Waals surface area (Å²) >= 11 is 0. The van der Waals surface area contributed by atoms with Gasteiger partial charge in [-0.3, -0.25) is 4.57 Å². The molecule has 2 rings (SSSR count). The molecule has 0 fully saturated rings. The fraction of sp³-hybridized carbons (Fsp3) is 0.455. The fourth-order valence-corrected chi connectivity index (χ4v) is 3.62. The Kier molecular flexibility index (Phi) is 8.09. The summed E-state index contributed by atoms with van der Waals surface area (Å²) in [5.41, 5.74) is 7.31. The molecule has 0 aromatic heterocycles. The number of aryl methyl sites for hydroxylation is 2. The molecule has 0 amide bonds. The molecule has 5 heteroatoms. The van der Waals surface area contributed by atoms with Crippen molar-refractivity contribution in [2.75, 3.05) is 20.6 Å². The Balaban J connectivity index is 2.25. The van der Waals surface area contributed by atoms with E-state index in [0.717, 1.165) is 17.7 Å². The maximum Gasteiger partial charge on any atom is 0.188 e. The summed E-state index contributed by atoms with van der Waals surface area (Å²) in [6, 6.07) is 10.7. The molecule has 2 aromatic carbocycles. The van der Waals surface area contributed by atoms with Crippen LogP contribution in [0.5, 0.6) is 5.75 Å². The van der Waals surface area contributed by atoms with Crippen LogP contribution in [0.4, 0.5) is 0 Å². The third-order valence-corrected chi connectivity index (χ3v) is 5.16. The molecule has 1 atom stereocenters. The molecule has 0 aliphatic carbocycles. The zero-order valence-electron chi connectivity index (χ0n) is 17.2. The summed E-state index contributed by atoms with van der Waals surface area (Å²) in [6.45, 7) is 10.9. The van der Waals surface area contributed by atoms with E-state index in [2.05, 4.69) is 52.0 Å². The molecule has 148 valence electrons. The minimum absolute atomic E-state index is 0.255.